The second-order valence-electron chi connectivity index (χ2n) is 4.41. The summed E-state index contributed by atoms with van der Waals surface area (Å²) in [5.74, 6) is 0. The van der Waals surface area contributed by atoms with Crippen molar-refractivity contribution in [1.82, 2.24) is 9.55 Å². The van der Waals surface area contributed by atoms with Gasteiger partial charge in [-0.15, -0.1) is 11.3 Å². The van der Waals surface area contributed by atoms with E-state index in [1.165, 1.54) is 28.0 Å². The van der Waals surface area contributed by atoms with Gasteiger partial charge in [0.15, 0.2) is 0 Å². The summed E-state index contributed by atoms with van der Waals surface area (Å²) in [6, 6.07) is 6.47. The van der Waals surface area contributed by atoms with Crippen molar-refractivity contribution in [3.05, 3.63) is 51.1 Å². The number of nitriles is 1. The summed E-state index contributed by atoms with van der Waals surface area (Å²) >= 11 is 7.53. The molecule has 0 saturated carbocycles. The smallest absolute Gasteiger partial charge is 0.278 e. The Labute approximate surface area is 128 Å². The van der Waals surface area contributed by atoms with E-state index in [2.05, 4.69) is 4.98 Å². The van der Waals surface area contributed by atoms with Gasteiger partial charge in [0.1, 0.15) is 6.07 Å². The van der Waals surface area contributed by atoms with Gasteiger partial charge in [-0.3, -0.25) is 0 Å². The van der Waals surface area contributed by atoms with Gasteiger partial charge in [-0.25, -0.2) is 13.8 Å². The maximum Gasteiger partial charge on any atom is 0.278 e. The number of rotatable bonds is 3. The quantitative estimate of drug-likeness (QED) is 0.706. The molecular weight excluding hydrogens is 316 g/mol. The van der Waals surface area contributed by atoms with Crippen molar-refractivity contribution in [3.63, 3.8) is 0 Å². The molecule has 0 amide bonds. The van der Waals surface area contributed by atoms with Crippen LogP contribution < -0.4 is 0 Å². The summed E-state index contributed by atoms with van der Waals surface area (Å²) in [6.45, 7) is 0.245. The maximum atomic E-state index is 13.3. The number of hydrogen-bond donors (Lipinski definition) is 0. The van der Waals surface area contributed by atoms with Gasteiger partial charge >= 0.3 is 0 Å². The summed E-state index contributed by atoms with van der Waals surface area (Å²) in [6.07, 6.45) is -2.63. The van der Waals surface area contributed by atoms with E-state index in [1.54, 1.807) is 11.6 Å². The van der Waals surface area contributed by atoms with Gasteiger partial charge in [-0.05, 0) is 18.2 Å². The standard InChI is InChI=1S/C14H8ClF2N3S/c15-13-8(4-18)1-2-11-10(13)3-12(14(16)17)20(11)5-9-6-21-7-19-9/h1-3,6-7,14H,5H2. The fourth-order valence-electron chi connectivity index (χ4n) is 2.24. The highest BCUT2D eigenvalue weighted by Crippen LogP contribution is 2.34. The molecule has 0 radical (unpaired) electrons. The summed E-state index contributed by atoms with van der Waals surface area (Å²) in [4.78, 5) is 4.12. The predicted molar refractivity (Wildman–Crippen MR) is 77.8 cm³/mol. The molecule has 106 valence electrons. The molecule has 3 nitrogen and oxygen atoms in total. The fraction of sp³-hybridized carbons (Fsp3) is 0.143. The molecule has 0 fully saturated rings. The van der Waals surface area contributed by atoms with E-state index in [-0.39, 0.29) is 22.8 Å². The third-order valence-corrected chi connectivity index (χ3v) is 4.24. The van der Waals surface area contributed by atoms with Crippen molar-refractivity contribution in [2.24, 2.45) is 0 Å². The van der Waals surface area contributed by atoms with E-state index >= 15 is 0 Å². The molecule has 0 unspecified atom stereocenters. The van der Waals surface area contributed by atoms with Crippen LogP contribution in [0.2, 0.25) is 5.02 Å². The van der Waals surface area contributed by atoms with E-state index in [4.69, 9.17) is 16.9 Å². The molecule has 0 atom stereocenters. The highest BCUT2D eigenvalue weighted by atomic mass is 35.5. The minimum Gasteiger partial charge on any atom is -0.334 e. The van der Waals surface area contributed by atoms with E-state index in [0.717, 1.165) is 0 Å². The highest BCUT2D eigenvalue weighted by Gasteiger charge is 2.20. The highest BCUT2D eigenvalue weighted by molar-refractivity contribution is 7.07. The van der Waals surface area contributed by atoms with Gasteiger partial charge in [-0.2, -0.15) is 5.26 Å². The number of alkyl halides is 2. The molecule has 2 aromatic heterocycles. The molecule has 3 aromatic rings. The molecule has 0 aliphatic carbocycles. The molecule has 2 heterocycles. The number of nitrogens with zero attached hydrogens (tertiary/aromatic N) is 3. The number of benzene rings is 1. The van der Waals surface area contributed by atoms with Gasteiger partial charge < -0.3 is 4.57 Å². The molecule has 0 aliphatic heterocycles. The van der Waals surface area contributed by atoms with Crippen LogP contribution in [0.5, 0.6) is 0 Å². The van der Waals surface area contributed by atoms with Crippen molar-refractivity contribution in [3.8, 4) is 6.07 Å². The second-order valence-corrected chi connectivity index (χ2v) is 5.50. The molecule has 3 rings (SSSR count). The maximum absolute atomic E-state index is 13.3. The zero-order valence-electron chi connectivity index (χ0n) is 10.6. The number of hydrogen-bond acceptors (Lipinski definition) is 3. The van der Waals surface area contributed by atoms with Crippen molar-refractivity contribution in [2.45, 2.75) is 13.0 Å². The lowest BCUT2D eigenvalue weighted by Crippen LogP contribution is -2.04. The summed E-state index contributed by atoms with van der Waals surface area (Å²) in [5.41, 5.74) is 3.08. The molecule has 0 spiro atoms. The Morgan fingerprint density at radius 1 is 1.43 bits per heavy atom. The van der Waals surface area contributed by atoms with Crippen molar-refractivity contribution in [1.29, 1.82) is 5.26 Å². The largest absolute Gasteiger partial charge is 0.334 e. The first-order chi connectivity index (χ1) is 10.1. The zero-order valence-corrected chi connectivity index (χ0v) is 12.1. The Balaban J connectivity index is 2.23. The van der Waals surface area contributed by atoms with Crippen LogP contribution in [0.4, 0.5) is 8.78 Å². The molecule has 0 bridgehead atoms. The van der Waals surface area contributed by atoms with Gasteiger partial charge in [0.05, 0.1) is 39.5 Å². The molecule has 21 heavy (non-hydrogen) atoms. The lowest BCUT2D eigenvalue weighted by molar-refractivity contribution is 0.142. The summed E-state index contributed by atoms with van der Waals surface area (Å²) < 4.78 is 28.0. The van der Waals surface area contributed by atoms with Crippen LogP contribution in [0.3, 0.4) is 0 Å². The minimum absolute atomic E-state index is 0.130. The normalized spacial score (nSPS) is 11.2. The molecule has 7 heteroatoms. The first kappa shape index (κ1) is 14.0. The van der Waals surface area contributed by atoms with Crippen LogP contribution in [0.25, 0.3) is 10.9 Å². The molecule has 1 aromatic carbocycles. The topological polar surface area (TPSA) is 41.6 Å². The van der Waals surface area contributed by atoms with Crippen molar-refractivity contribution >= 4 is 33.8 Å². The lowest BCUT2D eigenvalue weighted by Gasteiger charge is -2.08. The number of fused-ring (bicyclic) bond motifs is 1. The number of halogens is 3. The monoisotopic (exact) mass is 323 g/mol. The van der Waals surface area contributed by atoms with E-state index in [9.17, 15) is 8.78 Å². The number of aromatic nitrogens is 2. The average molecular weight is 324 g/mol. The summed E-state index contributed by atoms with van der Waals surface area (Å²) in [5, 5.41) is 11.4. The van der Waals surface area contributed by atoms with E-state index in [0.29, 0.717) is 16.6 Å². The van der Waals surface area contributed by atoms with Gasteiger partial charge in [0.25, 0.3) is 6.43 Å². The van der Waals surface area contributed by atoms with Crippen molar-refractivity contribution < 1.29 is 8.78 Å². The van der Waals surface area contributed by atoms with Gasteiger partial charge in [0.2, 0.25) is 0 Å². The molecule has 0 saturated heterocycles. The fourth-order valence-corrected chi connectivity index (χ4v) is 3.05. The van der Waals surface area contributed by atoms with Crippen molar-refractivity contribution in [2.75, 3.05) is 0 Å². The Hall–Kier alpha value is -1.97. The van der Waals surface area contributed by atoms with Gasteiger partial charge in [0, 0.05) is 10.8 Å². The summed E-state index contributed by atoms with van der Waals surface area (Å²) in [7, 11) is 0. The third-order valence-electron chi connectivity index (χ3n) is 3.20. The minimum atomic E-state index is -2.63. The van der Waals surface area contributed by atoms with E-state index in [1.807, 2.05) is 11.4 Å². The van der Waals surface area contributed by atoms with Crippen LogP contribution in [0, 0.1) is 11.3 Å². The van der Waals surface area contributed by atoms with Crippen LogP contribution >= 0.6 is 22.9 Å². The second kappa shape index (κ2) is 5.43. The molecule has 0 aliphatic rings. The van der Waals surface area contributed by atoms with Crippen LogP contribution in [0.1, 0.15) is 23.4 Å². The van der Waals surface area contributed by atoms with Gasteiger partial charge in [-0.1, -0.05) is 11.6 Å². The first-order valence-corrected chi connectivity index (χ1v) is 7.31. The Kier molecular flexibility index (Phi) is 3.62. The lowest BCUT2D eigenvalue weighted by atomic mass is 10.1. The Morgan fingerprint density at radius 3 is 2.86 bits per heavy atom. The van der Waals surface area contributed by atoms with Crippen LogP contribution in [-0.4, -0.2) is 9.55 Å². The van der Waals surface area contributed by atoms with E-state index < -0.39 is 6.43 Å². The molecule has 0 N–H and O–H groups in total. The number of thiazole rings is 1. The Morgan fingerprint density at radius 2 is 2.24 bits per heavy atom. The van der Waals surface area contributed by atoms with Crippen LogP contribution in [0.15, 0.2) is 29.1 Å². The van der Waals surface area contributed by atoms with Crippen LogP contribution in [-0.2, 0) is 6.54 Å². The Bertz CT molecular complexity index is 834. The first-order valence-electron chi connectivity index (χ1n) is 5.98. The average Bonchev–Trinajstić information content (AvgIpc) is 3.08. The third kappa shape index (κ3) is 2.39. The SMILES string of the molecule is N#Cc1ccc2c(cc(C(F)F)n2Cc2cscn2)c1Cl. The molecular formula is C14H8ClF2N3S. The zero-order chi connectivity index (χ0) is 15.0. The predicted octanol–water partition coefficient (Wildman–Crippen LogP) is 4.61.